The third-order valence-corrected chi connectivity index (χ3v) is 3.16. The topological polar surface area (TPSA) is 78.6 Å². The summed E-state index contributed by atoms with van der Waals surface area (Å²) in [6, 6.07) is 11.6. The second-order valence-electron chi connectivity index (χ2n) is 6.40. The average Bonchev–Trinajstić information content (AvgIpc) is 2.48. The zero-order valence-corrected chi connectivity index (χ0v) is 14.3. The molecule has 0 unspecified atom stereocenters. The molecule has 0 fully saturated rings. The molecule has 0 aliphatic carbocycles. The number of rotatable bonds is 4. The highest BCUT2D eigenvalue weighted by Crippen LogP contribution is 2.30. The fraction of sp³-hybridized carbons (Fsp3) is 0.263. The summed E-state index contributed by atoms with van der Waals surface area (Å²) < 4.78 is 11.0. The molecule has 2 N–H and O–H groups in total. The molecule has 0 aliphatic heterocycles. The second-order valence-corrected chi connectivity index (χ2v) is 6.40. The second kappa shape index (κ2) is 6.74. The number of Topliss-reactive ketones (excluding diaryl/α,β-unsaturated/α-hetero) is 1. The van der Waals surface area contributed by atoms with Crippen LogP contribution in [0.4, 0.5) is 5.69 Å². The van der Waals surface area contributed by atoms with Crippen molar-refractivity contribution in [3.63, 3.8) is 0 Å². The number of hydrogen-bond acceptors (Lipinski definition) is 5. The molecular formula is C19H21NO4. The fourth-order valence-electron chi connectivity index (χ4n) is 2.06. The highest BCUT2D eigenvalue weighted by atomic mass is 16.6. The van der Waals surface area contributed by atoms with Crippen molar-refractivity contribution in [1.29, 1.82) is 0 Å². The summed E-state index contributed by atoms with van der Waals surface area (Å²) in [5.74, 6) is 0.382. The van der Waals surface area contributed by atoms with Gasteiger partial charge in [0.1, 0.15) is 11.4 Å². The number of benzene rings is 2. The molecule has 2 aromatic rings. The van der Waals surface area contributed by atoms with E-state index in [2.05, 4.69) is 0 Å². The lowest BCUT2D eigenvalue weighted by Gasteiger charge is -2.19. The van der Waals surface area contributed by atoms with E-state index in [1.807, 2.05) is 20.8 Å². The van der Waals surface area contributed by atoms with Gasteiger partial charge in [0.25, 0.3) is 0 Å². The minimum absolute atomic E-state index is 0.127. The molecule has 0 atom stereocenters. The Balaban J connectivity index is 2.17. The van der Waals surface area contributed by atoms with E-state index in [0.717, 1.165) is 0 Å². The number of nitrogens with two attached hydrogens (primary N) is 1. The Morgan fingerprint density at radius 2 is 1.62 bits per heavy atom. The van der Waals surface area contributed by atoms with Crippen molar-refractivity contribution in [2.75, 3.05) is 5.73 Å². The van der Waals surface area contributed by atoms with Gasteiger partial charge in [-0.2, -0.15) is 0 Å². The molecular weight excluding hydrogens is 306 g/mol. The van der Waals surface area contributed by atoms with Gasteiger partial charge in [-0.25, -0.2) is 4.79 Å². The first kappa shape index (κ1) is 17.5. The summed E-state index contributed by atoms with van der Waals surface area (Å²) in [4.78, 5) is 23.5. The van der Waals surface area contributed by atoms with E-state index in [1.54, 1.807) is 42.5 Å². The third-order valence-electron chi connectivity index (χ3n) is 3.16. The molecule has 0 saturated carbocycles. The summed E-state index contributed by atoms with van der Waals surface area (Å²) in [5, 5.41) is 0. The summed E-state index contributed by atoms with van der Waals surface area (Å²) >= 11 is 0. The molecule has 24 heavy (non-hydrogen) atoms. The molecule has 5 heteroatoms. The van der Waals surface area contributed by atoms with Crippen LogP contribution in [-0.2, 0) is 4.74 Å². The van der Waals surface area contributed by atoms with Crippen molar-refractivity contribution in [2.45, 2.75) is 33.3 Å². The average molecular weight is 327 g/mol. The lowest BCUT2D eigenvalue weighted by Crippen LogP contribution is -2.23. The van der Waals surface area contributed by atoms with Gasteiger partial charge in [0.2, 0.25) is 0 Å². The lowest BCUT2D eigenvalue weighted by molar-refractivity contribution is 0.00694. The van der Waals surface area contributed by atoms with Crippen LogP contribution in [0.25, 0.3) is 0 Å². The van der Waals surface area contributed by atoms with Crippen molar-refractivity contribution in [3.05, 3.63) is 53.6 Å². The van der Waals surface area contributed by atoms with Crippen LogP contribution < -0.4 is 10.5 Å². The number of hydrogen-bond donors (Lipinski definition) is 1. The van der Waals surface area contributed by atoms with E-state index in [-0.39, 0.29) is 5.78 Å². The van der Waals surface area contributed by atoms with Crippen molar-refractivity contribution in [3.8, 4) is 11.5 Å². The van der Waals surface area contributed by atoms with E-state index in [4.69, 9.17) is 15.2 Å². The molecule has 126 valence electrons. The Bertz CT molecular complexity index is 758. The van der Waals surface area contributed by atoms with Crippen LogP contribution in [-0.4, -0.2) is 17.4 Å². The minimum Gasteiger partial charge on any atom is -0.456 e. The SMILES string of the molecule is CC(=O)c1cccc(Oc2ccc(C(=O)OC(C)(C)C)cc2)c1N. The Morgan fingerprint density at radius 3 is 2.17 bits per heavy atom. The first-order valence-corrected chi connectivity index (χ1v) is 7.58. The standard InChI is InChI=1S/C19H21NO4/c1-12(21)15-6-5-7-16(17(15)20)23-14-10-8-13(9-11-14)18(22)24-19(2,3)4/h5-11H,20H2,1-4H3. The maximum absolute atomic E-state index is 12.0. The van der Waals surface area contributed by atoms with E-state index >= 15 is 0 Å². The number of carbonyl (C=O) groups excluding carboxylic acids is 2. The monoisotopic (exact) mass is 327 g/mol. The normalized spacial score (nSPS) is 11.0. The van der Waals surface area contributed by atoms with Gasteiger partial charge in [0.05, 0.1) is 11.3 Å². The molecule has 0 aliphatic rings. The minimum atomic E-state index is -0.548. The lowest BCUT2D eigenvalue weighted by atomic mass is 10.1. The molecule has 0 bridgehead atoms. The predicted octanol–water partition coefficient (Wildman–Crippen LogP) is 4.22. The highest BCUT2D eigenvalue weighted by Gasteiger charge is 2.18. The van der Waals surface area contributed by atoms with Gasteiger partial charge in [-0.1, -0.05) is 6.07 Å². The summed E-state index contributed by atoms with van der Waals surface area (Å²) in [5.41, 5.74) is 6.55. The van der Waals surface area contributed by atoms with Gasteiger partial charge in [-0.3, -0.25) is 4.79 Å². The molecule has 0 saturated heterocycles. The van der Waals surface area contributed by atoms with Gasteiger partial charge in [-0.15, -0.1) is 0 Å². The van der Waals surface area contributed by atoms with Gasteiger partial charge >= 0.3 is 5.97 Å². The molecule has 2 rings (SSSR count). The van der Waals surface area contributed by atoms with Crippen molar-refractivity contribution in [1.82, 2.24) is 0 Å². The van der Waals surface area contributed by atoms with Crippen molar-refractivity contribution < 1.29 is 19.1 Å². The molecule has 0 spiro atoms. The van der Waals surface area contributed by atoms with E-state index in [0.29, 0.717) is 28.3 Å². The van der Waals surface area contributed by atoms with E-state index in [1.165, 1.54) is 6.92 Å². The number of nitrogen functional groups attached to an aromatic ring is 1. The highest BCUT2D eigenvalue weighted by molar-refractivity contribution is 6.00. The Labute approximate surface area is 141 Å². The first-order chi connectivity index (χ1) is 11.2. The van der Waals surface area contributed by atoms with Gasteiger partial charge in [-0.05, 0) is 64.1 Å². The Morgan fingerprint density at radius 1 is 1.00 bits per heavy atom. The third kappa shape index (κ3) is 4.35. The Hall–Kier alpha value is -2.82. The van der Waals surface area contributed by atoms with E-state index < -0.39 is 11.6 Å². The first-order valence-electron chi connectivity index (χ1n) is 7.58. The van der Waals surface area contributed by atoms with Gasteiger partial charge in [0.15, 0.2) is 11.5 Å². The molecule has 2 aromatic carbocycles. The number of para-hydroxylation sites is 1. The largest absolute Gasteiger partial charge is 0.456 e. The van der Waals surface area contributed by atoms with Crippen LogP contribution in [0.3, 0.4) is 0 Å². The van der Waals surface area contributed by atoms with Crippen LogP contribution in [0.5, 0.6) is 11.5 Å². The number of carbonyl (C=O) groups is 2. The summed E-state index contributed by atoms with van der Waals surface area (Å²) in [7, 11) is 0. The maximum Gasteiger partial charge on any atom is 0.338 e. The van der Waals surface area contributed by atoms with Crippen molar-refractivity contribution in [2.24, 2.45) is 0 Å². The number of anilines is 1. The van der Waals surface area contributed by atoms with Gasteiger partial charge in [0, 0.05) is 5.56 Å². The molecule has 5 nitrogen and oxygen atoms in total. The summed E-state index contributed by atoms with van der Waals surface area (Å²) in [6.45, 7) is 6.89. The van der Waals surface area contributed by atoms with E-state index in [9.17, 15) is 9.59 Å². The Kier molecular flexibility index (Phi) is 4.93. The quantitative estimate of drug-likeness (QED) is 0.517. The van der Waals surface area contributed by atoms with Crippen LogP contribution in [0.15, 0.2) is 42.5 Å². The smallest absolute Gasteiger partial charge is 0.338 e. The van der Waals surface area contributed by atoms with Crippen LogP contribution in [0.1, 0.15) is 48.4 Å². The predicted molar refractivity (Wildman–Crippen MR) is 92.5 cm³/mol. The number of ether oxygens (including phenoxy) is 2. The molecule has 0 aromatic heterocycles. The fourth-order valence-corrected chi connectivity index (χ4v) is 2.06. The number of esters is 1. The molecule has 0 radical (unpaired) electrons. The van der Waals surface area contributed by atoms with Gasteiger partial charge < -0.3 is 15.2 Å². The van der Waals surface area contributed by atoms with Crippen LogP contribution in [0.2, 0.25) is 0 Å². The van der Waals surface area contributed by atoms with Crippen LogP contribution in [0, 0.1) is 0 Å². The zero-order chi connectivity index (χ0) is 17.9. The van der Waals surface area contributed by atoms with Crippen LogP contribution >= 0.6 is 0 Å². The van der Waals surface area contributed by atoms with Crippen molar-refractivity contribution >= 4 is 17.4 Å². The molecule has 0 amide bonds. The summed E-state index contributed by atoms with van der Waals surface area (Å²) in [6.07, 6.45) is 0. The number of ketones is 1. The molecule has 0 heterocycles. The maximum atomic E-state index is 12.0. The zero-order valence-electron chi connectivity index (χ0n) is 14.3.